The maximum atomic E-state index is 13.8. The van der Waals surface area contributed by atoms with Crippen molar-refractivity contribution in [3.63, 3.8) is 0 Å². The number of thiophene rings is 2. The molecule has 8 rings (SSSR count). The van der Waals surface area contributed by atoms with Gasteiger partial charge in [-0.25, -0.2) is 9.48 Å². The summed E-state index contributed by atoms with van der Waals surface area (Å²) in [6.07, 6.45) is 6.24. The average Bonchev–Trinajstić information content (AvgIpc) is 4.05. The number of hydrogen-bond donors (Lipinski definition) is 5. The fourth-order valence-corrected chi connectivity index (χ4v) is 10.9. The van der Waals surface area contributed by atoms with Crippen LogP contribution in [0, 0.1) is 0 Å². The summed E-state index contributed by atoms with van der Waals surface area (Å²) < 4.78 is 8.17. The molecule has 59 heavy (non-hydrogen) atoms. The van der Waals surface area contributed by atoms with Crippen LogP contribution >= 0.6 is 22.7 Å². The standard InChI is InChI=1S/C45H54N6O6S2/c1-44(2,3)37-18-19-39(59-37)45(56,38-10-6-23-58-38)43(55)57-29-13-11-28(12-14-29)50(4)21-7-22-51-42-33-9-5-8-30(33)27(24-34(42)48-49-51)25-46-26-36(53)31-15-17-35(52)41-32(31)16-20-40(54)47-41/h6,10,15-20,23-24,28-29,36,46,52-53,56H,5,7-9,11-14,21-22,25-26H2,1-4H3,(H,47,54)/t28?,29?,36-,45+/m0/s1. The lowest BCUT2D eigenvalue weighted by molar-refractivity contribution is -0.169. The van der Waals surface area contributed by atoms with E-state index in [1.54, 1.807) is 12.1 Å². The topological polar surface area (TPSA) is 166 Å². The van der Waals surface area contributed by atoms with Crippen LogP contribution in [0.25, 0.3) is 21.9 Å². The Morgan fingerprint density at radius 3 is 2.58 bits per heavy atom. The molecule has 4 aromatic heterocycles. The Morgan fingerprint density at radius 1 is 1.05 bits per heavy atom. The number of aliphatic hydroxyl groups excluding tert-OH is 1. The number of rotatable bonds is 14. The van der Waals surface area contributed by atoms with E-state index >= 15 is 0 Å². The molecule has 0 spiro atoms. The predicted molar refractivity (Wildman–Crippen MR) is 232 cm³/mol. The zero-order valence-corrected chi connectivity index (χ0v) is 35.8. The lowest BCUT2D eigenvalue weighted by atomic mass is 9.91. The largest absolute Gasteiger partial charge is 0.506 e. The van der Waals surface area contributed by atoms with E-state index in [9.17, 15) is 24.9 Å². The number of carbonyl (C=O) groups excluding carboxylic acids is 1. The van der Waals surface area contributed by atoms with Gasteiger partial charge in [-0.1, -0.05) is 38.1 Å². The van der Waals surface area contributed by atoms with Crippen molar-refractivity contribution in [1.29, 1.82) is 0 Å². The van der Waals surface area contributed by atoms with Crippen LogP contribution in [0.2, 0.25) is 0 Å². The summed E-state index contributed by atoms with van der Waals surface area (Å²) in [6, 6.07) is 16.3. The predicted octanol–water partition coefficient (Wildman–Crippen LogP) is 6.82. The van der Waals surface area contributed by atoms with Gasteiger partial charge in [-0.15, -0.1) is 27.8 Å². The number of aromatic nitrogens is 4. The molecule has 0 radical (unpaired) electrons. The van der Waals surface area contributed by atoms with Crippen LogP contribution in [0.1, 0.15) is 102 Å². The Morgan fingerprint density at radius 2 is 1.83 bits per heavy atom. The molecule has 4 heterocycles. The molecule has 2 aliphatic carbocycles. The number of nitrogens with zero attached hydrogens (tertiary/aromatic N) is 4. The van der Waals surface area contributed by atoms with Crippen molar-refractivity contribution in [3.8, 4) is 5.75 Å². The molecule has 312 valence electrons. The monoisotopic (exact) mass is 838 g/mol. The van der Waals surface area contributed by atoms with Gasteiger partial charge < -0.3 is 35.3 Å². The second-order valence-corrected chi connectivity index (χ2v) is 19.3. The second kappa shape index (κ2) is 16.9. The molecule has 1 fully saturated rings. The third-order valence-electron chi connectivity index (χ3n) is 12.2. The van der Waals surface area contributed by atoms with Gasteiger partial charge in [0.05, 0.1) is 26.9 Å². The van der Waals surface area contributed by atoms with E-state index in [-0.39, 0.29) is 22.8 Å². The summed E-state index contributed by atoms with van der Waals surface area (Å²) >= 11 is 2.84. The number of phenols is 1. The summed E-state index contributed by atoms with van der Waals surface area (Å²) in [5, 5.41) is 48.4. The van der Waals surface area contributed by atoms with Gasteiger partial charge in [0.2, 0.25) is 11.2 Å². The summed E-state index contributed by atoms with van der Waals surface area (Å²) in [7, 11) is 2.18. The molecule has 12 nitrogen and oxygen atoms in total. The van der Waals surface area contributed by atoms with Gasteiger partial charge in [0.25, 0.3) is 0 Å². The summed E-state index contributed by atoms with van der Waals surface area (Å²) in [5.41, 5.74) is 4.56. The van der Waals surface area contributed by atoms with Gasteiger partial charge in [-0.05, 0) is 134 Å². The SMILES string of the molecule is CN(CCCn1nnc2cc(CNC[C@H](O)c3ccc(O)c4[nH]c(=O)ccc34)c3c(c21)CCC3)C1CCC(OC(=O)[C@@](O)(c2cccs2)c2ccc(C(C)(C)C)s2)CC1. The number of fused-ring (bicyclic) bond motifs is 4. The zero-order valence-electron chi connectivity index (χ0n) is 34.2. The minimum atomic E-state index is -1.82. The van der Waals surface area contributed by atoms with Gasteiger partial charge in [-0.3, -0.25) is 4.79 Å². The molecule has 0 bridgehead atoms. The van der Waals surface area contributed by atoms with E-state index in [0.29, 0.717) is 45.4 Å². The van der Waals surface area contributed by atoms with Gasteiger partial charge >= 0.3 is 5.97 Å². The van der Waals surface area contributed by atoms with E-state index in [1.165, 1.54) is 51.5 Å². The minimum absolute atomic E-state index is 0.0319. The smallest absolute Gasteiger partial charge is 0.349 e. The fourth-order valence-electron chi connectivity index (χ4n) is 8.90. The zero-order chi connectivity index (χ0) is 41.5. The Labute approximate surface area is 351 Å². The van der Waals surface area contributed by atoms with Gasteiger partial charge in [-0.2, -0.15) is 0 Å². The maximum absolute atomic E-state index is 13.8. The first-order chi connectivity index (χ1) is 28.3. The molecular formula is C45H54N6O6S2. The van der Waals surface area contributed by atoms with Crippen molar-refractivity contribution in [2.24, 2.45) is 0 Å². The lowest BCUT2D eigenvalue weighted by Crippen LogP contribution is -2.42. The fraction of sp³-hybridized carbons (Fsp3) is 0.467. The number of phenolic OH excluding ortho intramolecular Hbond substituents is 1. The van der Waals surface area contributed by atoms with E-state index < -0.39 is 17.7 Å². The Balaban J connectivity index is 0.843. The molecule has 0 unspecified atom stereocenters. The normalized spacial score (nSPS) is 18.7. The quantitative estimate of drug-likeness (QED) is 0.0735. The summed E-state index contributed by atoms with van der Waals surface area (Å²) in [4.78, 5) is 33.0. The number of ether oxygens (including phenoxy) is 1. The average molecular weight is 839 g/mol. The van der Waals surface area contributed by atoms with Crippen LogP contribution in [0.3, 0.4) is 0 Å². The van der Waals surface area contributed by atoms with Crippen LogP contribution in [-0.4, -0.2) is 78.4 Å². The van der Waals surface area contributed by atoms with E-state index in [0.717, 1.165) is 80.4 Å². The van der Waals surface area contributed by atoms with Crippen molar-refractivity contribution < 1.29 is 24.9 Å². The third-order valence-corrected chi connectivity index (χ3v) is 14.8. The summed E-state index contributed by atoms with van der Waals surface area (Å²) in [5.74, 6) is -0.622. The van der Waals surface area contributed by atoms with Crippen molar-refractivity contribution in [3.05, 3.63) is 107 Å². The number of aromatic amines is 1. The first-order valence-corrected chi connectivity index (χ1v) is 22.4. The van der Waals surface area contributed by atoms with E-state index in [1.807, 2.05) is 29.6 Å². The molecule has 14 heteroatoms. The highest BCUT2D eigenvalue weighted by atomic mass is 32.1. The highest BCUT2D eigenvalue weighted by Gasteiger charge is 2.46. The third kappa shape index (κ3) is 8.35. The van der Waals surface area contributed by atoms with Crippen LogP contribution in [0.4, 0.5) is 0 Å². The van der Waals surface area contributed by atoms with Crippen molar-refractivity contribution in [2.45, 2.75) is 114 Å². The number of aliphatic hydroxyl groups is 2. The molecule has 1 saturated carbocycles. The van der Waals surface area contributed by atoms with Crippen LogP contribution in [0.15, 0.2) is 64.8 Å². The summed E-state index contributed by atoms with van der Waals surface area (Å²) in [6.45, 7) is 8.93. The maximum Gasteiger partial charge on any atom is 0.349 e. The molecule has 2 aliphatic rings. The number of carbonyl (C=O) groups is 1. The van der Waals surface area contributed by atoms with E-state index in [4.69, 9.17) is 4.74 Å². The van der Waals surface area contributed by atoms with E-state index in [2.05, 4.69) is 64.1 Å². The molecule has 5 N–H and O–H groups in total. The molecule has 6 aromatic rings. The first-order valence-electron chi connectivity index (χ1n) is 20.7. The highest BCUT2D eigenvalue weighted by Crippen LogP contribution is 2.42. The van der Waals surface area contributed by atoms with Crippen LogP contribution in [0.5, 0.6) is 5.75 Å². The van der Waals surface area contributed by atoms with Gasteiger partial charge in [0, 0.05) is 42.0 Å². The molecule has 2 aromatic carbocycles. The number of pyridine rings is 1. The number of nitrogens with one attached hydrogen (secondary N) is 2. The first kappa shape index (κ1) is 41.3. The van der Waals surface area contributed by atoms with Crippen molar-refractivity contribution in [2.75, 3.05) is 20.1 Å². The number of benzene rings is 2. The Bertz CT molecular complexity index is 2500. The van der Waals surface area contributed by atoms with Crippen LogP contribution in [-0.2, 0) is 46.5 Å². The second-order valence-electron chi connectivity index (χ2n) is 17.2. The molecule has 2 atom stereocenters. The van der Waals surface area contributed by atoms with Crippen molar-refractivity contribution in [1.82, 2.24) is 30.2 Å². The number of esters is 1. The van der Waals surface area contributed by atoms with Crippen molar-refractivity contribution >= 4 is 50.6 Å². The molecule has 0 saturated heterocycles. The van der Waals surface area contributed by atoms with Gasteiger partial charge in [0.1, 0.15) is 17.4 Å². The number of hydrogen-bond acceptors (Lipinski definition) is 12. The molecule has 0 aliphatic heterocycles. The Hall–Kier alpha value is -4.44. The van der Waals surface area contributed by atoms with Crippen LogP contribution < -0.4 is 10.9 Å². The Kier molecular flexibility index (Phi) is 11.8. The molecular weight excluding hydrogens is 785 g/mol. The number of aryl methyl sites for hydroxylation is 2. The molecule has 0 amide bonds. The minimum Gasteiger partial charge on any atom is -0.506 e. The number of H-pyrrole nitrogens is 1. The number of aromatic hydroxyl groups is 1. The highest BCUT2D eigenvalue weighted by molar-refractivity contribution is 7.13. The lowest BCUT2D eigenvalue weighted by Gasteiger charge is -2.35. The van der Waals surface area contributed by atoms with Gasteiger partial charge in [0.15, 0.2) is 0 Å².